The fourth-order valence-electron chi connectivity index (χ4n) is 3.18. The molecule has 1 amide bonds. The number of primary amides is 1. The van der Waals surface area contributed by atoms with Crippen molar-refractivity contribution >= 4 is 5.91 Å². The zero-order chi connectivity index (χ0) is 16.8. The first-order chi connectivity index (χ1) is 11.7. The number of hydrogen-bond acceptors (Lipinski definition) is 5. The van der Waals surface area contributed by atoms with E-state index in [0.717, 1.165) is 31.8 Å². The molecule has 2 aromatic heterocycles. The van der Waals surface area contributed by atoms with Gasteiger partial charge in [-0.1, -0.05) is 6.07 Å². The summed E-state index contributed by atoms with van der Waals surface area (Å²) in [6, 6.07) is 7.73. The lowest BCUT2D eigenvalue weighted by Gasteiger charge is -2.38. The van der Waals surface area contributed by atoms with Gasteiger partial charge in [0.2, 0.25) is 5.91 Å². The molecule has 0 spiro atoms. The molecule has 0 unspecified atom stereocenters. The summed E-state index contributed by atoms with van der Waals surface area (Å²) in [5.41, 5.74) is 6.61. The molecular formula is C18H22N4O2. The zero-order valence-corrected chi connectivity index (χ0v) is 13.5. The first-order valence-corrected chi connectivity index (χ1v) is 8.17. The lowest BCUT2D eigenvalue weighted by molar-refractivity contribution is -0.120. The third kappa shape index (κ3) is 4.52. The fourth-order valence-corrected chi connectivity index (χ4v) is 3.18. The Balaban J connectivity index is 1.65. The summed E-state index contributed by atoms with van der Waals surface area (Å²) < 4.78 is 6.06. The van der Waals surface area contributed by atoms with Crippen molar-refractivity contribution in [3.63, 3.8) is 0 Å². The van der Waals surface area contributed by atoms with E-state index in [0.29, 0.717) is 6.42 Å². The van der Waals surface area contributed by atoms with E-state index in [1.54, 1.807) is 18.6 Å². The van der Waals surface area contributed by atoms with Gasteiger partial charge in [-0.05, 0) is 30.2 Å². The van der Waals surface area contributed by atoms with Crippen molar-refractivity contribution in [2.75, 3.05) is 13.1 Å². The van der Waals surface area contributed by atoms with E-state index in [2.05, 4.69) is 20.9 Å². The number of amides is 1. The molecule has 6 heteroatoms. The Labute approximate surface area is 141 Å². The van der Waals surface area contributed by atoms with Crippen molar-refractivity contribution in [1.29, 1.82) is 0 Å². The monoisotopic (exact) mass is 326 g/mol. The van der Waals surface area contributed by atoms with Crippen molar-refractivity contribution in [3.8, 4) is 5.75 Å². The molecule has 0 bridgehead atoms. The van der Waals surface area contributed by atoms with E-state index in [1.807, 2.05) is 24.4 Å². The first kappa shape index (κ1) is 16.4. The molecule has 3 heterocycles. The molecule has 126 valence electrons. The maximum absolute atomic E-state index is 11.5. The molecule has 1 aliphatic heterocycles. The highest BCUT2D eigenvalue weighted by Crippen LogP contribution is 2.26. The Morgan fingerprint density at radius 2 is 2.04 bits per heavy atom. The lowest BCUT2D eigenvalue weighted by atomic mass is 9.91. The Kier molecular flexibility index (Phi) is 5.38. The second-order valence-corrected chi connectivity index (χ2v) is 6.16. The van der Waals surface area contributed by atoms with Gasteiger partial charge in [-0.15, -0.1) is 0 Å². The van der Waals surface area contributed by atoms with Gasteiger partial charge >= 0.3 is 0 Å². The van der Waals surface area contributed by atoms with Crippen molar-refractivity contribution in [1.82, 2.24) is 14.9 Å². The number of aromatic nitrogens is 2. The first-order valence-electron chi connectivity index (χ1n) is 8.17. The number of rotatable bonds is 6. The van der Waals surface area contributed by atoms with Crippen LogP contribution in [-0.2, 0) is 11.3 Å². The summed E-state index contributed by atoms with van der Waals surface area (Å²) >= 11 is 0. The van der Waals surface area contributed by atoms with E-state index < -0.39 is 0 Å². The Morgan fingerprint density at radius 1 is 1.25 bits per heavy atom. The minimum atomic E-state index is -0.289. The number of hydrogen-bond donors (Lipinski definition) is 1. The smallest absolute Gasteiger partial charge is 0.217 e. The summed E-state index contributed by atoms with van der Waals surface area (Å²) in [6.07, 6.45) is 8.22. The molecule has 0 aromatic carbocycles. The summed E-state index contributed by atoms with van der Waals surface area (Å²) in [5, 5.41) is 0. The SMILES string of the molecule is NC(=O)C[C@@H]1CN(Cc2cccnc2)CC[C@H]1Oc1cccnc1. The van der Waals surface area contributed by atoms with Crippen LogP contribution < -0.4 is 10.5 Å². The number of carbonyl (C=O) groups is 1. The predicted molar refractivity (Wildman–Crippen MR) is 90.1 cm³/mol. The van der Waals surface area contributed by atoms with Gasteiger partial charge in [0.15, 0.2) is 0 Å². The average molecular weight is 326 g/mol. The van der Waals surface area contributed by atoms with E-state index in [-0.39, 0.29) is 17.9 Å². The number of nitrogens with zero attached hydrogens (tertiary/aromatic N) is 3. The van der Waals surface area contributed by atoms with Gasteiger partial charge in [0, 0.05) is 50.6 Å². The van der Waals surface area contributed by atoms with Crippen LogP contribution in [-0.4, -0.2) is 40.0 Å². The van der Waals surface area contributed by atoms with Gasteiger partial charge in [-0.25, -0.2) is 0 Å². The van der Waals surface area contributed by atoms with Crippen LogP contribution in [0.3, 0.4) is 0 Å². The minimum absolute atomic E-state index is 0.0214. The Hall–Kier alpha value is -2.47. The molecule has 2 N–H and O–H groups in total. The number of piperidine rings is 1. The van der Waals surface area contributed by atoms with E-state index in [4.69, 9.17) is 10.5 Å². The van der Waals surface area contributed by atoms with Crippen LogP contribution in [0, 0.1) is 5.92 Å². The van der Waals surface area contributed by atoms with Crippen LogP contribution in [0.15, 0.2) is 49.1 Å². The van der Waals surface area contributed by atoms with E-state index in [1.165, 1.54) is 5.56 Å². The molecular weight excluding hydrogens is 304 g/mol. The van der Waals surface area contributed by atoms with Crippen molar-refractivity contribution in [2.45, 2.75) is 25.5 Å². The molecule has 2 atom stereocenters. The van der Waals surface area contributed by atoms with E-state index in [9.17, 15) is 4.79 Å². The standard InChI is InChI=1S/C18H22N4O2/c19-18(23)9-15-13-22(12-14-3-1-6-20-10-14)8-5-17(15)24-16-4-2-7-21-11-16/h1-4,6-7,10-11,15,17H,5,8-9,12-13H2,(H2,19,23)/t15-,17-/m1/s1. The predicted octanol–water partition coefficient (Wildman–Crippen LogP) is 1.62. The van der Waals surface area contributed by atoms with Gasteiger partial charge in [0.25, 0.3) is 0 Å². The van der Waals surface area contributed by atoms with Crippen LogP contribution >= 0.6 is 0 Å². The maximum Gasteiger partial charge on any atom is 0.217 e. The topological polar surface area (TPSA) is 81.3 Å². The summed E-state index contributed by atoms with van der Waals surface area (Å²) in [4.78, 5) is 22.0. The third-order valence-electron chi connectivity index (χ3n) is 4.26. The Morgan fingerprint density at radius 3 is 2.71 bits per heavy atom. The molecule has 1 fully saturated rings. The molecule has 0 radical (unpaired) electrons. The van der Waals surface area contributed by atoms with Gasteiger partial charge in [-0.3, -0.25) is 19.7 Å². The van der Waals surface area contributed by atoms with Crippen molar-refractivity contribution in [3.05, 3.63) is 54.6 Å². The second kappa shape index (κ2) is 7.88. The molecule has 2 aromatic rings. The number of carbonyl (C=O) groups excluding carboxylic acids is 1. The quantitative estimate of drug-likeness (QED) is 0.872. The van der Waals surface area contributed by atoms with Crippen LogP contribution in [0.1, 0.15) is 18.4 Å². The normalized spacial score (nSPS) is 21.3. The largest absolute Gasteiger partial charge is 0.488 e. The molecule has 24 heavy (non-hydrogen) atoms. The molecule has 1 saturated heterocycles. The highest BCUT2D eigenvalue weighted by Gasteiger charge is 2.32. The van der Waals surface area contributed by atoms with Crippen LogP contribution in [0.2, 0.25) is 0 Å². The number of ether oxygens (including phenoxy) is 1. The highest BCUT2D eigenvalue weighted by molar-refractivity contribution is 5.74. The molecule has 6 nitrogen and oxygen atoms in total. The second-order valence-electron chi connectivity index (χ2n) is 6.16. The summed E-state index contributed by atoms with van der Waals surface area (Å²) in [5.74, 6) is 0.522. The van der Waals surface area contributed by atoms with Crippen LogP contribution in [0.25, 0.3) is 0 Å². The van der Waals surface area contributed by atoms with Crippen molar-refractivity contribution < 1.29 is 9.53 Å². The zero-order valence-electron chi connectivity index (χ0n) is 13.5. The minimum Gasteiger partial charge on any atom is -0.488 e. The lowest BCUT2D eigenvalue weighted by Crippen LogP contribution is -2.46. The van der Waals surface area contributed by atoms with Crippen molar-refractivity contribution in [2.24, 2.45) is 11.7 Å². The van der Waals surface area contributed by atoms with Crippen LogP contribution in [0.5, 0.6) is 5.75 Å². The maximum atomic E-state index is 11.5. The fraction of sp³-hybridized carbons (Fsp3) is 0.389. The summed E-state index contributed by atoms with van der Waals surface area (Å²) in [6.45, 7) is 2.51. The van der Waals surface area contributed by atoms with Gasteiger partial charge in [0.05, 0.1) is 6.20 Å². The molecule has 1 aliphatic rings. The van der Waals surface area contributed by atoms with Crippen LogP contribution in [0.4, 0.5) is 0 Å². The van der Waals surface area contributed by atoms with Gasteiger partial charge in [-0.2, -0.15) is 0 Å². The molecule has 0 aliphatic carbocycles. The van der Waals surface area contributed by atoms with Gasteiger partial charge < -0.3 is 10.5 Å². The highest BCUT2D eigenvalue weighted by atomic mass is 16.5. The Bertz CT molecular complexity index is 651. The average Bonchev–Trinajstić information content (AvgIpc) is 2.59. The summed E-state index contributed by atoms with van der Waals surface area (Å²) in [7, 11) is 0. The molecule has 0 saturated carbocycles. The number of likely N-dealkylation sites (tertiary alicyclic amines) is 1. The number of nitrogens with two attached hydrogens (primary N) is 1. The molecule has 3 rings (SSSR count). The van der Waals surface area contributed by atoms with Gasteiger partial charge in [0.1, 0.15) is 11.9 Å². The number of pyridine rings is 2. The van der Waals surface area contributed by atoms with E-state index >= 15 is 0 Å². The third-order valence-corrected chi connectivity index (χ3v) is 4.26.